The zero-order valence-electron chi connectivity index (χ0n) is 7.67. The molecule has 0 spiro atoms. The van der Waals surface area contributed by atoms with Gasteiger partial charge in [0.1, 0.15) is 0 Å². The maximum absolute atomic E-state index is 11.1. The molecule has 0 unspecified atom stereocenters. The molecule has 0 bridgehead atoms. The summed E-state index contributed by atoms with van der Waals surface area (Å²) in [6.07, 6.45) is 4.55. The van der Waals surface area contributed by atoms with Crippen LogP contribution in [-0.2, 0) is 0 Å². The summed E-state index contributed by atoms with van der Waals surface area (Å²) in [6, 6.07) is -1.10. The molecule has 7 nitrogen and oxygen atoms in total. The molecule has 0 aromatic carbocycles. The number of rotatable bonds is 2. The lowest BCUT2D eigenvalue weighted by molar-refractivity contribution is 0.165. The maximum atomic E-state index is 11.1. The third-order valence-electron chi connectivity index (χ3n) is 2.33. The van der Waals surface area contributed by atoms with Gasteiger partial charge < -0.3 is 0 Å². The van der Waals surface area contributed by atoms with Crippen LogP contribution in [0.1, 0.15) is 32.1 Å². The van der Waals surface area contributed by atoms with Crippen LogP contribution in [0.5, 0.6) is 0 Å². The van der Waals surface area contributed by atoms with E-state index in [0.717, 1.165) is 37.1 Å². The van der Waals surface area contributed by atoms with Gasteiger partial charge in [-0.1, -0.05) is 19.3 Å². The summed E-state index contributed by atoms with van der Waals surface area (Å²) in [5.74, 6) is 0. The number of hydrogen-bond donors (Lipinski definition) is 0. The van der Waals surface area contributed by atoms with E-state index in [4.69, 9.17) is 5.53 Å². The van der Waals surface area contributed by atoms with Crippen molar-refractivity contribution >= 4 is 6.03 Å². The van der Waals surface area contributed by atoms with Crippen molar-refractivity contribution in [2.75, 3.05) is 0 Å². The van der Waals surface area contributed by atoms with Gasteiger partial charge in [-0.2, -0.15) is 5.01 Å². The molecule has 1 rings (SSSR count). The minimum atomic E-state index is -0.908. The second-order valence-electron chi connectivity index (χ2n) is 3.19. The molecular formula is C7H11N5O2. The van der Waals surface area contributed by atoms with Crippen molar-refractivity contribution in [2.45, 2.75) is 38.1 Å². The van der Waals surface area contributed by atoms with E-state index in [1.165, 1.54) is 0 Å². The monoisotopic (exact) mass is 197 g/mol. The van der Waals surface area contributed by atoms with Gasteiger partial charge in [0.2, 0.25) is 0 Å². The van der Waals surface area contributed by atoms with Gasteiger partial charge in [0.15, 0.2) is 0 Å². The van der Waals surface area contributed by atoms with Gasteiger partial charge in [0, 0.05) is 10.0 Å². The van der Waals surface area contributed by atoms with E-state index < -0.39 is 6.03 Å². The standard InChI is InChI=1S/C7H11N5O2/c8-10-9-7(13)12(11-14)6-4-2-1-3-5-6/h6H,1-5H2. The fraction of sp³-hybridized carbons (Fsp3) is 0.857. The summed E-state index contributed by atoms with van der Waals surface area (Å²) in [6.45, 7) is 0. The first-order valence-corrected chi connectivity index (χ1v) is 4.51. The highest BCUT2D eigenvalue weighted by atomic mass is 16.3. The van der Waals surface area contributed by atoms with Crippen LogP contribution in [0.3, 0.4) is 0 Å². The van der Waals surface area contributed by atoms with Crippen LogP contribution < -0.4 is 0 Å². The Morgan fingerprint density at radius 3 is 2.50 bits per heavy atom. The average molecular weight is 197 g/mol. The summed E-state index contributed by atoms with van der Waals surface area (Å²) in [4.78, 5) is 23.8. The van der Waals surface area contributed by atoms with Crippen LogP contribution >= 0.6 is 0 Å². The fourth-order valence-corrected chi connectivity index (χ4v) is 1.67. The first-order valence-electron chi connectivity index (χ1n) is 4.51. The molecule has 0 radical (unpaired) electrons. The molecule has 14 heavy (non-hydrogen) atoms. The number of carbonyl (C=O) groups is 1. The minimum absolute atomic E-state index is 0.195. The zero-order valence-corrected chi connectivity index (χ0v) is 7.67. The van der Waals surface area contributed by atoms with Gasteiger partial charge in [-0.05, 0) is 18.4 Å². The average Bonchev–Trinajstić information content (AvgIpc) is 2.21. The first-order chi connectivity index (χ1) is 6.79. The predicted molar refractivity (Wildman–Crippen MR) is 49.0 cm³/mol. The molecule has 0 atom stereocenters. The number of carbonyl (C=O) groups excluding carboxylic acids is 1. The molecule has 0 aromatic rings. The van der Waals surface area contributed by atoms with E-state index in [2.05, 4.69) is 15.3 Å². The highest BCUT2D eigenvalue weighted by molar-refractivity contribution is 5.74. The smallest absolute Gasteiger partial charge is 0.265 e. The molecule has 0 saturated heterocycles. The van der Waals surface area contributed by atoms with Gasteiger partial charge in [0.05, 0.1) is 11.3 Å². The van der Waals surface area contributed by atoms with Crippen molar-refractivity contribution in [3.8, 4) is 0 Å². The van der Waals surface area contributed by atoms with Crippen molar-refractivity contribution < 1.29 is 4.79 Å². The third kappa shape index (κ3) is 2.43. The molecule has 0 aliphatic heterocycles. The summed E-state index contributed by atoms with van der Waals surface area (Å²) >= 11 is 0. The number of azide groups is 1. The Balaban J connectivity index is 2.64. The molecule has 1 aliphatic carbocycles. The topological polar surface area (TPSA) is 98.5 Å². The molecule has 0 N–H and O–H groups in total. The SMILES string of the molecule is [N-]=[N+]=NC(=O)N(N=O)C1CCCCC1. The van der Waals surface area contributed by atoms with Crippen molar-refractivity contribution in [1.82, 2.24) is 5.01 Å². The van der Waals surface area contributed by atoms with Gasteiger partial charge in [-0.25, -0.2) is 0 Å². The zero-order chi connectivity index (χ0) is 10.4. The largest absolute Gasteiger partial charge is 0.333 e. The van der Waals surface area contributed by atoms with E-state index >= 15 is 0 Å². The van der Waals surface area contributed by atoms with Crippen LogP contribution in [0.4, 0.5) is 4.79 Å². The van der Waals surface area contributed by atoms with Crippen LogP contribution in [0.15, 0.2) is 10.4 Å². The Morgan fingerprint density at radius 2 is 2.00 bits per heavy atom. The minimum Gasteiger partial charge on any atom is -0.265 e. The van der Waals surface area contributed by atoms with Crippen molar-refractivity contribution in [2.24, 2.45) is 10.4 Å². The molecular weight excluding hydrogens is 186 g/mol. The number of hydrogen-bond acceptors (Lipinski definition) is 3. The van der Waals surface area contributed by atoms with Gasteiger partial charge in [0.25, 0.3) is 0 Å². The Hall–Kier alpha value is -1.62. The number of urea groups is 1. The van der Waals surface area contributed by atoms with Crippen LogP contribution in [0.2, 0.25) is 0 Å². The maximum Gasteiger partial charge on any atom is 0.333 e. The Kier molecular flexibility index (Phi) is 3.87. The highest BCUT2D eigenvalue weighted by Gasteiger charge is 2.25. The fourth-order valence-electron chi connectivity index (χ4n) is 1.67. The summed E-state index contributed by atoms with van der Waals surface area (Å²) in [5, 5.41) is 6.19. The summed E-state index contributed by atoms with van der Waals surface area (Å²) < 4.78 is 0. The van der Waals surface area contributed by atoms with E-state index in [1.54, 1.807) is 0 Å². The molecule has 2 amide bonds. The lowest BCUT2D eigenvalue weighted by Crippen LogP contribution is -2.35. The summed E-state index contributed by atoms with van der Waals surface area (Å²) in [7, 11) is 0. The highest BCUT2D eigenvalue weighted by Crippen LogP contribution is 2.23. The Bertz CT molecular complexity index is 267. The van der Waals surface area contributed by atoms with Crippen LogP contribution in [0, 0.1) is 4.91 Å². The molecule has 1 aliphatic rings. The predicted octanol–water partition coefficient (Wildman–Crippen LogP) is 2.73. The Labute approximate surface area is 80.6 Å². The van der Waals surface area contributed by atoms with Gasteiger partial charge >= 0.3 is 6.03 Å². The molecule has 0 heterocycles. The number of amides is 2. The lowest BCUT2D eigenvalue weighted by Gasteiger charge is -2.26. The van der Waals surface area contributed by atoms with E-state index in [9.17, 15) is 9.70 Å². The quantitative estimate of drug-likeness (QED) is 0.223. The van der Waals surface area contributed by atoms with Gasteiger partial charge in [-0.15, -0.1) is 4.91 Å². The molecule has 76 valence electrons. The van der Waals surface area contributed by atoms with Crippen molar-refractivity contribution in [3.05, 3.63) is 15.3 Å². The first kappa shape index (κ1) is 10.5. The van der Waals surface area contributed by atoms with Gasteiger partial charge in [-0.3, -0.25) is 4.79 Å². The number of nitrogens with zero attached hydrogens (tertiary/aromatic N) is 5. The number of nitroso groups, excluding NO2 is 1. The second kappa shape index (κ2) is 5.18. The van der Waals surface area contributed by atoms with Crippen molar-refractivity contribution in [3.63, 3.8) is 0 Å². The van der Waals surface area contributed by atoms with Crippen LogP contribution in [-0.4, -0.2) is 17.1 Å². The molecule has 1 saturated carbocycles. The lowest BCUT2D eigenvalue weighted by atomic mass is 9.95. The second-order valence-corrected chi connectivity index (χ2v) is 3.19. The Morgan fingerprint density at radius 1 is 1.36 bits per heavy atom. The normalized spacial score (nSPS) is 16.9. The third-order valence-corrected chi connectivity index (χ3v) is 2.33. The van der Waals surface area contributed by atoms with E-state index in [-0.39, 0.29) is 6.04 Å². The molecule has 0 aromatic heterocycles. The molecule has 7 heteroatoms. The van der Waals surface area contributed by atoms with E-state index in [0.29, 0.717) is 0 Å². The van der Waals surface area contributed by atoms with Crippen molar-refractivity contribution in [1.29, 1.82) is 0 Å². The molecule has 1 fully saturated rings. The summed E-state index contributed by atoms with van der Waals surface area (Å²) in [5.41, 5.74) is 8.05. The van der Waals surface area contributed by atoms with E-state index in [1.807, 2.05) is 0 Å². The van der Waals surface area contributed by atoms with Crippen LogP contribution in [0.25, 0.3) is 10.4 Å².